The van der Waals surface area contributed by atoms with E-state index in [1.165, 1.54) is 4.88 Å². The smallest absolute Gasteiger partial charge is 0.140 e. The molecule has 3 rings (SSSR count). The number of nitrogens with zero attached hydrogens (tertiary/aromatic N) is 2. The van der Waals surface area contributed by atoms with E-state index in [2.05, 4.69) is 39.2 Å². The summed E-state index contributed by atoms with van der Waals surface area (Å²) < 4.78 is 2.17. The summed E-state index contributed by atoms with van der Waals surface area (Å²) in [5.74, 6) is 0.960. The first-order valence-corrected chi connectivity index (χ1v) is 7.52. The SMILES string of the molecule is CC(N)C(c1cccs1)n1ccnc1-c1ccccc1. The van der Waals surface area contributed by atoms with Crippen LogP contribution in [0, 0.1) is 0 Å². The summed E-state index contributed by atoms with van der Waals surface area (Å²) in [6.45, 7) is 2.04. The molecule has 4 heteroatoms. The van der Waals surface area contributed by atoms with Crippen LogP contribution in [-0.2, 0) is 0 Å². The standard InChI is InChI=1S/C16H17N3S/c1-12(17)15(14-8-5-11-20-14)19-10-9-18-16(19)13-6-3-2-4-7-13/h2-12,15H,17H2,1H3. The van der Waals surface area contributed by atoms with Crippen molar-refractivity contribution < 1.29 is 0 Å². The van der Waals surface area contributed by atoms with E-state index < -0.39 is 0 Å². The quantitative estimate of drug-likeness (QED) is 0.795. The van der Waals surface area contributed by atoms with E-state index in [-0.39, 0.29) is 12.1 Å². The maximum atomic E-state index is 6.22. The molecule has 0 radical (unpaired) electrons. The highest BCUT2D eigenvalue weighted by Gasteiger charge is 2.22. The van der Waals surface area contributed by atoms with Gasteiger partial charge in [0.1, 0.15) is 5.82 Å². The molecule has 0 amide bonds. The van der Waals surface area contributed by atoms with Gasteiger partial charge < -0.3 is 10.3 Å². The van der Waals surface area contributed by atoms with E-state index in [0.717, 1.165) is 11.4 Å². The fourth-order valence-electron chi connectivity index (χ4n) is 2.46. The second kappa shape index (κ2) is 5.61. The van der Waals surface area contributed by atoms with Crippen LogP contribution in [-0.4, -0.2) is 15.6 Å². The van der Waals surface area contributed by atoms with Crippen molar-refractivity contribution in [3.05, 3.63) is 65.1 Å². The van der Waals surface area contributed by atoms with Gasteiger partial charge in [-0.3, -0.25) is 0 Å². The first kappa shape index (κ1) is 13.1. The van der Waals surface area contributed by atoms with Crippen molar-refractivity contribution in [3.8, 4) is 11.4 Å². The summed E-state index contributed by atoms with van der Waals surface area (Å²) in [4.78, 5) is 5.77. The molecule has 1 aromatic carbocycles. The van der Waals surface area contributed by atoms with Gasteiger partial charge in [0.2, 0.25) is 0 Å². The Morgan fingerprint density at radius 3 is 2.60 bits per heavy atom. The summed E-state index contributed by atoms with van der Waals surface area (Å²) in [6, 6.07) is 14.6. The highest BCUT2D eigenvalue weighted by Crippen LogP contribution is 2.30. The van der Waals surface area contributed by atoms with Gasteiger partial charge in [-0.25, -0.2) is 4.98 Å². The third-order valence-electron chi connectivity index (χ3n) is 3.33. The van der Waals surface area contributed by atoms with Crippen molar-refractivity contribution >= 4 is 11.3 Å². The minimum absolute atomic E-state index is 0.0188. The van der Waals surface area contributed by atoms with Gasteiger partial charge in [-0.1, -0.05) is 36.4 Å². The molecule has 102 valence electrons. The number of aromatic nitrogens is 2. The summed E-state index contributed by atoms with van der Waals surface area (Å²) in [5.41, 5.74) is 7.33. The summed E-state index contributed by atoms with van der Waals surface area (Å²) in [5, 5.41) is 2.09. The van der Waals surface area contributed by atoms with Crippen LogP contribution >= 0.6 is 11.3 Å². The molecule has 0 aliphatic rings. The van der Waals surface area contributed by atoms with Gasteiger partial charge in [-0.05, 0) is 18.4 Å². The summed E-state index contributed by atoms with van der Waals surface area (Å²) >= 11 is 1.73. The van der Waals surface area contributed by atoms with Crippen LogP contribution in [0.15, 0.2) is 60.2 Å². The Labute approximate surface area is 122 Å². The zero-order valence-corrected chi connectivity index (χ0v) is 12.1. The van der Waals surface area contributed by atoms with Gasteiger partial charge in [0.05, 0.1) is 6.04 Å². The molecule has 2 atom stereocenters. The lowest BCUT2D eigenvalue weighted by molar-refractivity contribution is 0.508. The van der Waals surface area contributed by atoms with Crippen molar-refractivity contribution in [2.24, 2.45) is 5.73 Å². The molecule has 0 bridgehead atoms. The molecule has 0 aliphatic carbocycles. The largest absolute Gasteiger partial charge is 0.326 e. The van der Waals surface area contributed by atoms with Crippen LogP contribution in [0.3, 0.4) is 0 Å². The number of hydrogen-bond donors (Lipinski definition) is 1. The number of hydrogen-bond acceptors (Lipinski definition) is 3. The molecule has 2 aromatic heterocycles. The Balaban J connectivity index is 2.08. The molecule has 0 fully saturated rings. The number of rotatable bonds is 4. The monoisotopic (exact) mass is 283 g/mol. The molecule has 3 nitrogen and oxygen atoms in total. The van der Waals surface area contributed by atoms with Crippen molar-refractivity contribution in [1.29, 1.82) is 0 Å². The fraction of sp³-hybridized carbons (Fsp3) is 0.188. The van der Waals surface area contributed by atoms with E-state index in [1.54, 1.807) is 11.3 Å². The van der Waals surface area contributed by atoms with Crippen LogP contribution in [0.4, 0.5) is 0 Å². The highest BCUT2D eigenvalue weighted by atomic mass is 32.1. The maximum absolute atomic E-state index is 6.22. The van der Waals surface area contributed by atoms with Gasteiger partial charge >= 0.3 is 0 Å². The molecule has 0 spiro atoms. The molecule has 3 aromatic rings. The van der Waals surface area contributed by atoms with E-state index in [4.69, 9.17) is 5.73 Å². The average molecular weight is 283 g/mol. The number of benzene rings is 1. The first-order valence-electron chi connectivity index (χ1n) is 6.64. The van der Waals surface area contributed by atoms with Crippen LogP contribution in [0.25, 0.3) is 11.4 Å². The van der Waals surface area contributed by atoms with E-state index in [0.29, 0.717) is 0 Å². The normalized spacial score (nSPS) is 14.1. The Morgan fingerprint density at radius 1 is 1.15 bits per heavy atom. The van der Waals surface area contributed by atoms with Gasteiger partial charge in [0, 0.05) is 28.9 Å². The topological polar surface area (TPSA) is 43.8 Å². The van der Waals surface area contributed by atoms with Gasteiger partial charge in [-0.2, -0.15) is 0 Å². The number of thiophene rings is 1. The second-order valence-electron chi connectivity index (χ2n) is 4.84. The van der Waals surface area contributed by atoms with E-state index in [1.807, 2.05) is 37.5 Å². The molecule has 20 heavy (non-hydrogen) atoms. The summed E-state index contributed by atoms with van der Waals surface area (Å²) in [6.07, 6.45) is 3.85. The van der Waals surface area contributed by atoms with Gasteiger partial charge in [-0.15, -0.1) is 11.3 Å². The van der Waals surface area contributed by atoms with Gasteiger partial charge in [0.15, 0.2) is 0 Å². The average Bonchev–Trinajstić information content (AvgIpc) is 3.11. The zero-order valence-electron chi connectivity index (χ0n) is 11.3. The second-order valence-corrected chi connectivity index (χ2v) is 5.82. The lowest BCUT2D eigenvalue weighted by Gasteiger charge is -2.23. The van der Waals surface area contributed by atoms with Crippen LogP contribution in [0.2, 0.25) is 0 Å². The first-order chi connectivity index (χ1) is 9.77. The number of nitrogens with two attached hydrogens (primary N) is 1. The third kappa shape index (κ3) is 2.40. The Hall–Kier alpha value is -1.91. The van der Waals surface area contributed by atoms with Crippen LogP contribution < -0.4 is 5.73 Å². The zero-order chi connectivity index (χ0) is 13.9. The Kier molecular flexibility index (Phi) is 3.67. The summed E-state index contributed by atoms with van der Waals surface area (Å²) in [7, 11) is 0. The minimum atomic E-state index is 0.0188. The predicted octanol–water partition coefficient (Wildman–Crippen LogP) is 3.55. The molecule has 0 saturated carbocycles. The van der Waals surface area contributed by atoms with Crippen LogP contribution in [0.5, 0.6) is 0 Å². The molecular formula is C16H17N3S. The lowest BCUT2D eigenvalue weighted by Crippen LogP contribution is -2.29. The molecule has 2 heterocycles. The molecule has 0 aliphatic heterocycles. The van der Waals surface area contributed by atoms with E-state index >= 15 is 0 Å². The van der Waals surface area contributed by atoms with Crippen molar-refractivity contribution in [2.75, 3.05) is 0 Å². The molecule has 2 unspecified atom stereocenters. The van der Waals surface area contributed by atoms with Crippen molar-refractivity contribution in [1.82, 2.24) is 9.55 Å². The Morgan fingerprint density at radius 2 is 1.95 bits per heavy atom. The predicted molar refractivity (Wildman–Crippen MR) is 83.8 cm³/mol. The minimum Gasteiger partial charge on any atom is -0.326 e. The third-order valence-corrected chi connectivity index (χ3v) is 4.28. The fourth-order valence-corrected chi connectivity index (χ4v) is 3.40. The van der Waals surface area contributed by atoms with E-state index in [9.17, 15) is 0 Å². The van der Waals surface area contributed by atoms with Crippen molar-refractivity contribution in [2.45, 2.75) is 19.0 Å². The van der Waals surface area contributed by atoms with Gasteiger partial charge in [0.25, 0.3) is 0 Å². The molecular weight excluding hydrogens is 266 g/mol. The lowest BCUT2D eigenvalue weighted by atomic mass is 10.1. The van der Waals surface area contributed by atoms with Crippen LogP contribution in [0.1, 0.15) is 17.8 Å². The van der Waals surface area contributed by atoms with Crippen molar-refractivity contribution in [3.63, 3.8) is 0 Å². The molecule has 2 N–H and O–H groups in total. The Bertz CT molecular complexity index is 656. The molecule has 0 saturated heterocycles. The highest BCUT2D eigenvalue weighted by molar-refractivity contribution is 7.10. The maximum Gasteiger partial charge on any atom is 0.140 e. The number of imidazole rings is 1.